The predicted molar refractivity (Wildman–Crippen MR) is 35.4 cm³/mol. The fourth-order valence-electron chi connectivity index (χ4n) is 0.421. The van der Waals surface area contributed by atoms with E-state index < -0.39 is 0 Å². The minimum atomic E-state index is 0.806. The van der Waals surface area contributed by atoms with Gasteiger partial charge in [0.1, 0.15) is 0 Å². The average molecular weight is 113 g/mol. The Morgan fingerprint density at radius 2 is 2.12 bits per heavy atom. The summed E-state index contributed by atoms with van der Waals surface area (Å²) < 4.78 is 4.96. The lowest BCUT2D eigenvalue weighted by Gasteiger charge is -1.92. The van der Waals surface area contributed by atoms with Crippen LogP contribution in [0.2, 0.25) is 0 Å². The van der Waals surface area contributed by atoms with Crippen molar-refractivity contribution in [2.75, 3.05) is 6.61 Å². The van der Waals surface area contributed by atoms with Gasteiger partial charge in [0.25, 0.3) is 0 Å². The maximum atomic E-state index is 4.96. The maximum Gasteiger partial charge on any atom is 0.0806 e. The van der Waals surface area contributed by atoms with Crippen molar-refractivity contribution in [1.29, 1.82) is 0 Å². The van der Waals surface area contributed by atoms with Gasteiger partial charge in [-0.05, 0) is 20.3 Å². The molecule has 0 saturated carbocycles. The number of rotatable bonds is 4. The molecule has 0 spiro atoms. The smallest absolute Gasteiger partial charge is 0.0806 e. The van der Waals surface area contributed by atoms with E-state index in [0.29, 0.717) is 0 Å². The summed E-state index contributed by atoms with van der Waals surface area (Å²) in [6.45, 7) is 6.41. The second kappa shape index (κ2) is 6.70. The molecule has 0 aromatic carbocycles. The van der Waals surface area contributed by atoms with Crippen molar-refractivity contribution in [3.63, 3.8) is 0 Å². The van der Waals surface area contributed by atoms with Crippen molar-refractivity contribution in [2.45, 2.75) is 20.3 Å². The van der Waals surface area contributed by atoms with Gasteiger partial charge in [-0.15, -0.1) is 0 Å². The Morgan fingerprint density at radius 1 is 1.38 bits per heavy atom. The zero-order valence-electron chi connectivity index (χ0n) is 5.55. The van der Waals surface area contributed by atoms with E-state index in [-0.39, 0.29) is 0 Å². The number of hydrogen-bond acceptors (Lipinski definition) is 1. The van der Waals surface area contributed by atoms with Crippen LogP contribution in [0.3, 0.4) is 0 Å². The van der Waals surface area contributed by atoms with E-state index in [2.05, 4.69) is 6.08 Å². The molecule has 0 rings (SSSR count). The second-order valence-electron chi connectivity index (χ2n) is 1.46. The van der Waals surface area contributed by atoms with Crippen LogP contribution in [0, 0.1) is 6.61 Å². The van der Waals surface area contributed by atoms with Gasteiger partial charge in [0, 0.05) is 0 Å². The van der Waals surface area contributed by atoms with Gasteiger partial charge < -0.3 is 4.74 Å². The summed E-state index contributed by atoms with van der Waals surface area (Å²) in [5.41, 5.74) is 0. The fraction of sp³-hybridized carbons (Fsp3) is 0.571. The van der Waals surface area contributed by atoms with E-state index in [1.807, 2.05) is 19.9 Å². The van der Waals surface area contributed by atoms with Gasteiger partial charge in [0.15, 0.2) is 0 Å². The van der Waals surface area contributed by atoms with Crippen molar-refractivity contribution in [2.24, 2.45) is 0 Å². The average Bonchev–Trinajstić information content (AvgIpc) is 1.81. The van der Waals surface area contributed by atoms with Gasteiger partial charge >= 0.3 is 0 Å². The molecule has 0 aliphatic rings. The summed E-state index contributed by atoms with van der Waals surface area (Å²) in [4.78, 5) is 0. The molecule has 0 amide bonds. The van der Waals surface area contributed by atoms with Gasteiger partial charge in [-0.25, -0.2) is 0 Å². The van der Waals surface area contributed by atoms with Gasteiger partial charge in [0.05, 0.1) is 13.2 Å². The normalized spacial score (nSPS) is 10.8. The Bertz CT molecular complexity index is 57.4. The van der Waals surface area contributed by atoms with Crippen molar-refractivity contribution < 1.29 is 4.74 Å². The van der Waals surface area contributed by atoms with Crippen LogP contribution in [0.1, 0.15) is 20.3 Å². The fourth-order valence-corrected chi connectivity index (χ4v) is 0.421. The zero-order chi connectivity index (χ0) is 6.24. The molecule has 8 heavy (non-hydrogen) atoms. The molecule has 1 heteroatoms. The molecular weight excluding hydrogens is 100 g/mol. The van der Waals surface area contributed by atoms with E-state index in [1.165, 1.54) is 0 Å². The molecule has 0 fully saturated rings. The summed E-state index contributed by atoms with van der Waals surface area (Å²) in [6, 6.07) is 0. The zero-order valence-corrected chi connectivity index (χ0v) is 5.55. The molecule has 0 atom stereocenters. The predicted octanol–water partition coefficient (Wildman–Crippen LogP) is 2.15. The third kappa shape index (κ3) is 5.70. The van der Waals surface area contributed by atoms with Crippen LogP contribution >= 0.6 is 0 Å². The first kappa shape index (κ1) is 7.70. The summed E-state index contributed by atoms with van der Waals surface area (Å²) in [5, 5.41) is 0. The molecule has 0 unspecified atom stereocenters. The number of hydrogen-bond donors (Lipinski definition) is 0. The second-order valence-corrected chi connectivity index (χ2v) is 1.46. The topological polar surface area (TPSA) is 9.23 Å². The third-order valence-corrected chi connectivity index (χ3v) is 0.805. The molecular formula is C7H13O. The first-order chi connectivity index (χ1) is 3.91. The first-order valence-electron chi connectivity index (χ1n) is 2.92. The van der Waals surface area contributed by atoms with Crippen molar-refractivity contribution in [3.05, 3.63) is 18.8 Å². The number of ether oxygens (including phenoxy) is 1. The molecule has 0 saturated heterocycles. The van der Waals surface area contributed by atoms with Crippen LogP contribution in [0.5, 0.6) is 0 Å². The van der Waals surface area contributed by atoms with Gasteiger partial charge in [0.2, 0.25) is 0 Å². The third-order valence-electron chi connectivity index (χ3n) is 0.805. The standard InChI is InChI=1S/C7H13O/c1-3-5-6-7-8-4-2/h3-5H,6-7H2,1-2H3/b5-3+. The Labute approximate surface area is 51.4 Å². The van der Waals surface area contributed by atoms with E-state index in [1.54, 1.807) is 6.61 Å². The highest BCUT2D eigenvalue weighted by atomic mass is 16.5. The van der Waals surface area contributed by atoms with Crippen LogP contribution in [0.25, 0.3) is 0 Å². The summed E-state index contributed by atoms with van der Waals surface area (Å²) in [6.07, 6.45) is 5.13. The summed E-state index contributed by atoms with van der Waals surface area (Å²) >= 11 is 0. The maximum absolute atomic E-state index is 4.96. The molecule has 1 nitrogen and oxygen atoms in total. The Hall–Kier alpha value is -0.300. The lowest BCUT2D eigenvalue weighted by Crippen LogP contribution is -1.85. The minimum Gasteiger partial charge on any atom is -0.376 e. The van der Waals surface area contributed by atoms with Gasteiger partial charge in [-0.1, -0.05) is 12.2 Å². The Kier molecular flexibility index (Phi) is 6.45. The molecule has 0 aromatic rings. The van der Waals surface area contributed by atoms with Crippen LogP contribution in [-0.2, 0) is 4.74 Å². The van der Waals surface area contributed by atoms with E-state index in [0.717, 1.165) is 13.0 Å². The molecule has 47 valence electrons. The molecule has 0 aliphatic heterocycles. The van der Waals surface area contributed by atoms with Gasteiger partial charge in [-0.3, -0.25) is 0 Å². The minimum absolute atomic E-state index is 0.806. The first-order valence-corrected chi connectivity index (χ1v) is 2.92. The van der Waals surface area contributed by atoms with Crippen molar-refractivity contribution >= 4 is 0 Å². The highest BCUT2D eigenvalue weighted by molar-refractivity contribution is 4.76. The lowest BCUT2D eigenvalue weighted by atomic mass is 10.4. The highest BCUT2D eigenvalue weighted by Gasteiger charge is 1.77. The molecule has 0 N–H and O–H groups in total. The van der Waals surface area contributed by atoms with Crippen LogP contribution in [0.15, 0.2) is 12.2 Å². The van der Waals surface area contributed by atoms with E-state index in [4.69, 9.17) is 4.74 Å². The monoisotopic (exact) mass is 113 g/mol. The molecule has 0 aromatic heterocycles. The van der Waals surface area contributed by atoms with Crippen LogP contribution < -0.4 is 0 Å². The molecule has 0 aliphatic carbocycles. The van der Waals surface area contributed by atoms with E-state index in [9.17, 15) is 0 Å². The van der Waals surface area contributed by atoms with E-state index >= 15 is 0 Å². The van der Waals surface area contributed by atoms with Crippen LogP contribution in [0.4, 0.5) is 0 Å². The quantitative estimate of drug-likeness (QED) is 0.401. The SMILES string of the molecule is C[CH]OCC/C=C/C. The Morgan fingerprint density at radius 3 is 2.62 bits per heavy atom. The molecule has 0 bridgehead atoms. The molecule has 1 radical (unpaired) electrons. The Balaban J connectivity index is 2.72. The highest BCUT2D eigenvalue weighted by Crippen LogP contribution is 1.85. The van der Waals surface area contributed by atoms with Gasteiger partial charge in [-0.2, -0.15) is 0 Å². The summed E-state index contributed by atoms with van der Waals surface area (Å²) in [5.74, 6) is 0. The summed E-state index contributed by atoms with van der Waals surface area (Å²) in [7, 11) is 0. The lowest BCUT2D eigenvalue weighted by molar-refractivity contribution is 0.210. The largest absolute Gasteiger partial charge is 0.376 e. The van der Waals surface area contributed by atoms with Crippen LogP contribution in [-0.4, -0.2) is 6.61 Å². The number of allylic oxidation sites excluding steroid dienone is 1. The molecule has 0 heterocycles. The van der Waals surface area contributed by atoms with Crippen molar-refractivity contribution in [1.82, 2.24) is 0 Å². The van der Waals surface area contributed by atoms with Crippen molar-refractivity contribution in [3.8, 4) is 0 Å².